The number of nitrogens with two attached hydrogens (primary N) is 1. The maximum atomic E-state index is 13.7. The molecule has 5 N–H and O–H groups in total. The molecule has 1 heterocycles. The molecule has 2 aromatic carbocycles. The lowest BCUT2D eigenvalue weighted by Gasteiger charge is -2.23. The van der Waals surface area contributed by atoms with E-state index >= 15 is 0 Å². The summed E-state index contributed by atoms with van der Waals surface area (Å²) in [7, 11) is 0. The standard InChI is InChI=1S/C32H39N3O9/c33-31(40)23(22-16-20-8-5-6-9-21(20)17-22)18-28(39)24(14-19-11-12-26(37)25(15-19)35(42)43)34-32(41)30-29(44-30)27(38)10-4-2-1-3-7-13-36/h5-6,8-9,11-12,15,22-24,29-30,36-37H,1-4,7,10,13-14,16-18H2,(H2,33,40)(H,34,41)/t23-,24-,29-,30?/m1/s1. The number of fused-ring (bicyclic) bond motifs is 1. The number of rotatable bonds is 18. The fourth-order valence-corrected chi connectivity index (χ4v) is 5.95. The summed E-state index contributed by atoms with van der Waals surface area (Å²) < 4.78 is 5.37. The first kappa shape index (κ1) is 32.7. The van der Waals surface area contributed by atoms with Crippen molar-refractivity contribution in [3.05, 3.63) is 69.3 Å². The summed E-state index contributed by atoms with van der Waals surface area (Å²) >= 11 is 0. The van der Waals surface area contributed by atoms with Gasteiger partial charge in [0.05, 0.1) is 11.0 Å². The summed E-state index contributed by atoms with van der Waals surface area (Å²) in [6.45, 7) is 0.136. The topological polar surface area (TPSA) is 202 Å². The van der Waals surface area contributed by atoms with Gasteiger partial charge in [0.2, 0.25) is 5.91 Å². The molecule has 4 atom stereocenters. The molecule has 4 rings (SSSR count). The second kappa shape index (κ2) is 15.0. The first-order valence-corrected chi connectivity index (χ1v) is 15.0. The minimum Gasteiger partial charge on any atom is -0.502 e. The van der Waals surface area contributed by atoms with Crippen LogP contribution in [0.15, 0.2) is 42.5 Å². The number of epoxide rings is 1. The lowest BCUT2D eigenvalue weighted by Crippen LogP contribution is -2.46. The van der Waals surface area contributed by atoms with Crippen molar-refractivity contribution in [3.8, 4) is 5.75 Å². The van der Waals surface area contributed by atoms with Crippen LogP contribution >= 0.6 is 0 Å². The van der Waals surface area contributed by atoms with Gasteiger partial charge in [-0.2, -0.15) is 0 Å². The van der Waals surface area contributed by atoms with Gasteiger partial charge in [-0.15, -0.1) is 0 Å². The van der Waals surface area contributed by atoms with E-state index in [1.165, 1.54) is 6.07 Å². The van der Waals surface area contributed by atoms with Gasteiger partial charge in [-0.05, 0) is 60.8 Å². The number of carbonyl (C=O) groups is 4. The molecule has 0 saturated carbocycles. The molecule has 44 heavy (non-hydrogen) atoms. The summed E-state index contributed by atoms with van der Waals surface area (Å²) in [6, 6.07) is 10.2. The number of primary amides is 1. The van der Waals surface area contributed by atoms with Gasteiger partial charge >= 0.3 is 5.69 Å². The number of benzene rings is 2. The fraction of sp³-hybridized carbons (Fsp3) is 0.500. The zero-order valence-corrected chi connectivity index (χ0v) is 24.5. The summed E-state index contributed by atoms with van der Waals surface area (Å²) in [4.78, 5) is 62.5. The monoisotopic (exact) mass is 609 g/mol. The summed E-state index contributed by atoms with van der Waals surface area (Å²) in [5, 5.41) is 32.7. The van der Waals surface area contributed by atoms with Crippen LogP contribution in [0.2, 0.25) is 0 Å². The number of phenols is 1. The Morgan fingerprint density at radius 3 is 2.30 bits per heavy atom. The van der Waals surface area contributed by atoms with Crippen LogP contribution in [0.3, 0.4) is 0 Å². The number of aliphatic hydroxyl groups excluding tert-OH is 1. The number of hydrogen-bond donors (Lipinski definition) is 4. The highest BCUT2D eigenvalue weighted by atomic mass is 16.6. The number of phenolic OH excluding ortho intramolecular Hbond substituents is 1. The van der Waals surface area contributed by atoms with Crippen molar-refractivity contribution in [2.45, 2.75) is 82.5 Å². The SMILES string of the molecule is NC(=O)[C@H](CC(=O)[C@@H](Cc1ccc(O)c([N+](=O)[O-])c1)NC(=O)C1O[C@@H]1C(=O)CCCCCCCO)C1Cc2ccccc2C1. The molecular weight excluding hydrogens is 570 g/mol. The summed E-state index contributed by atoms with van der Waals surface area (Å²) in [5.74, 6) is -3.53. The van der Waals surface area contributed by atoms with E-state index in [0.29, 0.717) is 31.2 Å². The third-order valence-corrected chi connectivity index (χ3v) is 8.47. The van der Waals surface area contributed by atoms with Crippen LogP contribution < -0.4 is 11.1 Å². The van der Waals surface area contributed by atoms with Gasteiger partial charge in [0.1, 0.15) is 0 Å². The Kier molecular flexibility index (Phi) is 11.2. The number of carbonyl (C=O) groups excluding carboxylic acids is 4. The molecule has 12 nitrogen and oxygen atoms in total. The van der Waals surface area contributed by atoms with Crippen molar-refractivity contribution >= 4 is 29.1 Å². The Morgan fingerprint density at radius 1 is 1.00 bits per heavy atom. The highest BCUT2D eigenvalue weighted by Crippen LogP contribution is 2.34. The number of nitro groups is 1. The average Bonchev–Trinajstić information content (AvgIpc) is 3.69. The lowest BCUT2D eigenvalue weighted by atomic mass is 9.83. The Bertz CT molecular complexity index is 1370. The van der Waals surface area contributed by atoms with Gasteiger partial charge in [-0.1, -0.05) is 49.6 Å². The highest BCUT2D eigenvalue weighted by molar-refractivity contribution is 5.98. The van der Waals surface area contributed by atoms with Crippen molar-refractivity contribution in [1.29, 1.82) is 0 Å². The van der Waals surface area contributed by atoms with Crippen molar-refractivity contribution in [3.63, 3.8) is 0 Å². The van der Waals surface area contributed by atoms with Crippen LogP contribution in [0.25, 0.3) is 0 Å². The minimum absolute atomic E-state index is 0.136. The molecule has 0 aromatic heterocycles. The number of Topliss-reactive ketones (excluding diaryl/α,β-unsaturated/α-hetero) is 2. The molecule has 0 spiro atoms. The number of amides is 2. The van der Waals surface area contributed by atoms with Gasteiger partial charge in [0.25, 0.3) is 5.91 Å². The first-order chi connectivity index (χ1) is 21.1. The molecule has 1 aliphatic heterocycles. The summed E-state index contributed by atoms with van der Waals surface area (Å²) in [5.41, 5.74) is 7.69. The van der Waals surface area contributed by atoms with Crippen LogP contribution in [0.5, 0.6) is 5.75 Å². The predicted octanol–water partition coefficient (Wildman–Crippen LogP) is 2.47. The molecule has 2 aliphatic rings. The first-order valence-electron chi connectivity index (χ1n) is 15.0. The third kappa shape index (κ3) is 8.48. The van der Waals surface area contributed by atoms with E-state index in [-0.39, 0.29) is 37.6 Å². The summed E-state index contributed by atoms with van der Waals surface area (Å²) in [6.07, 6.45) is 2.98. The van der Waals surface area contributed by atoms with Crippen LogP contribution in [-0.2, 0) is 43.2 Å². The Morgan fingerprint density at radius 2 is 1.66 bits per heavy atom. The Hall–Kier alpha value is -4.16. The van der Waals surface area contributed by atoms with Crippen LogP contribution in [0, 0.1) is 22.0 Å². The molecule has 1 aliphatic carbocycles. The second-order valence-electron chi connectivity index (χ2n) is 11.6. The van der Waals surface area contributed by atoms with Crippen molar-refractivity contribution in [2.75, 3.05) is 6.61 Å². The number of nitrogens with zero attached hydrogens (tertiary/aromatic N) is 1. The maximum Gasteiger partial charge on any atom is 0.310 e. The molecule has 1 unspecified atom stereocenters. The van der Waals surface area contributed by atoms with E-state index in [2.05, 4.69) is 5.32 Å². The second-order valence-corrected chi connectivity index (χ2v) is 11.6. The zero-order chi connectivity index (χ0) is 31.8. The fourth-order valence-electron chi connectivity index (χ4n) is 5.95. The number of nitro benzene ring substituents is 1. The quantitative estimate of drug-likeness (QED) is 0.0847. The van der Waals surface area contributed by atoms with E-state index < -0.39 is 58.1 Å². The van der Waals surface area contributed by atoms with E-state index in [9.17, 15) is 34.4 Å². The Balaban J connectivity index is 1.43. The maximum absolute atomic E-state index is 13.7. The molecule has 12 heteroatoms. The van der Waals surface area contributed by atoms with Gasteiger partial charge in [0.15, 0.2) is 29.5 Å². The molecule has 2 amide bonds. The smallest absolute Gasteiger partial charge is 0.310 e. The number of unbranched alkanes of at least 4 members (excludes halogenated alkanes) is 4. The van der Waals surface area contributed by atoms with E-state index in [1.54, 1.807) is 0 Å². The molecule has 1 saturated heterocycles. The van der Waals surface area contributed by atoms with E-state index in [0.717, 1.165) is 42.5 Å². The number of nitrogens with one attached hydrogen (secondary N) is 1. The van der Waals surface area contributed by atoms with Crippen LogP contribution in [-0.4, -0.2) is 63.4 Å². The predicted molar refractivity (Wildman–Crippen MR) is 159 cm³/mol. The van der Waals surface area contributed by atoms with Gasteiger partial charge in [0, 0.05) is 31.4 Å². The minimum atomic E-state index is -1.19. The molecule has 236 valence electrons. The van der Waals surface area contributed by atoms with Crippen molar-refractivity contribution < 1.29 is 39.1 Å². The van der Waals surface area contributed by atoms with Gasteiger partial charge in [-0.25, -0.2) is 0 Å². The van der Waals surface area contributed by atoms with E-state index in [4.69, 9.17) is 15.6 Å². The zero-order valence-electron chi connectivity index (χ0n) is 24.5. The van der Waals surface area contributed by atoms with Crippen molar-refractivity contribution in [2.24, 2.45) is 17.6 Å². The molecule has 1 fully saturated rings. The van der Waals surface area contributed by atoms with Crippen LogP contribution in [0.1, 0.15) is 61.6 Å². The Labute approximate surface area is 255 Å². The largest absolute Gasteiger partial charge is 0.502 e. The molecule has 2 aromatic rings. The van der Waals surface area contributed by atoms with Gasteiger partial charge < -0.3 is 26.0 Å². The highest BCUT2D eigenvalue weighted by Gasteiger charge is 2.50. The van der Waals surface area contributed by atoms with E-state index in [1.807, 2.05) is 24.3 Å². The third-order valence-electron chi connectivity index (χ3n) is 8.47. The number of ketones is 2. The van der Waals surface area contributed by atoms with Crippen LogP contribution in [0.4, 0.5) is 5.69 Å². The molecule has 0 radical (unpaired) electrons. The number of aliphatic hydroxyl groups is 1. The molecule has 0 bridgehead atoms. The normalized spacial score (nSPS) is 18.7. The van der Waals surface area contributed by atoms with Gasteiger partial charge in [-0.3, -0.25) is 29.3 Å². The number of aromatic hydroxyl groups is 1. The lowest BCUT2D eigenvalue weighted by molar-refractivity contribution is -0.385. The van der Waals surface area contributed by atoms with Crippen molar-refractivity contribution in [1.82, 2.24) is 5.32 Å². The molecular formula is C32H39N3O9. The number of hydrogen-bond acceptors (Lipinski definition) is 9. The average molecular weight is 610 g/mol. The number of ether oxygens (including phenoxy) is 1.